The fourth-order valence-electron chi connectivity index (χ4n) is 2.31. The highest BCUT2D eigenvalue weighted by atomic mass is 32.2. The fourth-order valence-corrected chi connectivity index (χ4v) is 3.47. The van der Waals surface area contributed by atoms with E-state index in [2.05, 4.69) is 0 Å². The topological polar surface area (TPSA) is 70.1 Å². The molecule has 0 saturated carbocycles. The monoisotopic (exact) mass is 310 g/mol. The third-order valence-corrected chi connectivity index (χ3v) is 4.68. The number of urea groups is 1. The minimum absolute atomic E-state index is 0.171. The second-order valence-corrected chi connectivity index (χ2v) is 6.06. The average molecular weight is 310 g/mol. The van der Waals surface area contributed by atoms with Gasteiger partial charge in [-0.1, -0.05) is 12.1 Å². The van der Waals surface area contributed by atoms with Crippen LogP contribution in [0.4, 0.5) is 10.5 Å². The van der Waals surface area contributed by atoms with Crippen molar-refractivity contribution in [3.8, 4) is 5.75 Å². The molecule has 2 rings (SSSR count). The average Bonchev–Trinajstić information content (AvgIpc) is 2.87. The van der Waals surface area contributed by atoms with Crippen molar-refractivity contribution in [1.29, 1.82) is 0 Å². The summed E-state index contributed by atoms with van der Waals surface area (Å²) in [5, 5.41) is 9.08. The summed E-state index contributed by atoms with van der Waals surface area (Å²) in [7, 11) is 3.15. The van der Waals surface area contributed by atoms with Crippen LogP contribution in [0.3, 0.4) is 0 Å². The van der Waals surface area contributed by atoms with Gasteiger partial charge in [0.05, 0.1) is 18.2 Å². The van der Waals surface area contributed by atoms with Crippen molar-refractivity contribution in [2.24, 2.45) is 0 Å². The molecule has 1 heterocycles. The Bertz CT molecular complexity index is 552. The van der Waals surface area contributed by atoms with Gasteiger partial charge in [-0.05, 0) is 19.1 Å². The number of thioether (sulfide) groups is 1. The third-order valence-electron chi connectivity index (χ3n) is 3.46. The summed E-state index contributed by atoms with van der Waals surface area (Å²) in [4.78, 5) is 26.8. The summed E-state index contributed by atoms with van der Waals surface area (Å²) < 4.78 is 5.25. The molecule has 1 aromatic carbocycles. The first-order chi connectivity index (χ1) is 9.97. The number of carboxylic acids is 1. The van der Waals surface area contributed by atoms with Crippen LogP contribution in [0.25, 0.3) is 0 Å². The van der Waals surface area contributed by atoms with Crippen LogP contribution in [-0.2, 0) is 4.79 Å². The quantitative estimate of drug-likeness (QED) is 0.926. The van der Waals surface area contributed by atoms with E-state index in [4.69, 9.17) is 4.74 Å². The second-order valence-electron chi connectivity index (χ2n) is 4.71. The van der Waals surface area contributed by atoms with Crippen LogP contribution in [-0.4, -0.2) is 53.3 Å². The molecule has 2 amide bonds. The summed E-state index contributed by atoms with van der Waals surface area (Å²) in [5.74, 6) is -0.00416. The molecule has 1 saturated heterocycles. The maximum absolute atomic E-state index is 12.7. The minimum Gasteiger partial charge on any atom is -0.495 e. The van der Waals surface area contributed by atoms with Gasteiger partial charge in [0.1, 0.15) is 11.8 Å². The van der Waals surface area contributed by atoms with Crippen LogP contribution >= 0.6 is 11.8 Å². The van der Waals surface area contributed by atoms with E-state index in [1.54, 1.807) is 25.2 Å². The molecule has 7 heteroatoms. The molecule has 0 spiro atoms. The van der Waals surface area contributed by atoms with Gasteiger partial charge in [-0.2, -0.15) is 0 Å². The molecule has 0 aromatic heterocycles. The first-order valence-corrected chi connectivity index (χ1v) is 7.55. The number of hydrogen-bond donors (Lipinski definition) is 1. The summed E-state index contributed by atoms with van der Waals surface area (Å²) in [6.45, 7) is 1.83. The zero-order chi connectivity index (χ0) is 15.6. The number of benzene rings is 1. The van der Waals surface area contributed by atoms with E-state index < -0.39 is 12.0 Å². The molecular weight excluding hydrogens is 292 g/mol. The van der Waals surface area contributed by atoms with Gasteiger partial charge in [0, 0.05) is 12.8 Å². The number of hydrogen-bond acceptors (Lipinski definition) is 4. The molecule has 0 bridgehead atoms. The molecule has 0 aliphatic carbocycles. The Kier molecular flexibility index (Phi) is 4.62. The van der Waals surface area contributed by atoms with Gasteiger partial charge in [0.25, 0.3) is 0 Å². The van der Waals surface area contributed by atoms with Gasteiger partial charge in [-0.25, -0.2) is 9.59 Å². The van der Waals surface area contributed by atoms with Crippen LogP contribution in [0.1, 0.15) is 6.92 Å². The van der Waals surface area contributed by atoms with E-state index in [1.807, 2.05) is 13.0 Å². The molecule has 2 atom stereocenters. The molecule has 1 aliphatic heterocycles. The molecule has 2 unspecified atom stereocenters. The molecule has 0 radical (unpaired) electrons. The Morgan fingerprint density at radius 3 is 2.71 bits per heavy atom. The second kappa shape index (κ2) is 6.26. The van der Waals surface area contributed by atoms with E-state index in [-0.39, 0.29) is 11.4 Å². The number of amides is 2. The Labute approximate surface area is 127 Å². The van der Waals surface area contributed by atoms with Gasteiger partial charge in [-0.3, -0.25) is 9.80 Å². The summed E-state index contributed by atoms with van der Waals surface area (Å²) in [5.41, 5.74) is 0.609. The molecule has 114 valence electrons. The molecule has 1 fully saturated rings. The number of carboxylic acid groups (broad SMARTS) is 1. The van der Waals surface area contributed by atoms with E-state index in [0.29, 0.717) is 17.2 Å². The molecule has 6 nitrogen and oxygen atoms in total. The Morgan fingerprint density at radius 1 is 1.43 bits per heavy atom. The van der Waals surface area contributed by atoms with Gasteiger partial charge < -0.3 is 9.84 Å². The number of rotatable bonds is 3. The maximum atomic E-state index is 12.7. The number of nitrogens with zero attached hydrogens (tertiary/aromatic N) is 2. The molecule has 1 N–H and O–H groups in total. The number of methoxy groups -OCH3 is 1. The minimum atomic E-state index is -0.978. The van der Waals surface area contributed by atoms with Gasteiger partial charge in [0.15, 0.2) is 0 Å². The zero-order valence-corrected chi connectivity index (χ0v) is 13.0. The normalized spacial score (nSPS) is 21.2. The number of ether oxygens (including phenoxy) is 1. The highest BCUT2D eigenvalue weighted by Crippen LogP contribution is 2.33. The van der Waals surface area contributed by atoms with Crippen LogP contribution in [0.5, 0.6) is 5.75 Å². The van der Waals surface area contributed by atoms with Crippen LogP contribution in [0.15, 0.2) is 24.3 Å². The first-order valence-electron chi connectivity index (χ1n) is 6.50. The van der Waals surface area contributed by atoms with Crippen LogP contribution in [0.2, 0.25) is 0 Å². The fraction of sp³-hybridized carbons (Fsp3) is 0.429. The van der Waals surface area contributed by atoms with Gasteiger partial charge in [-0.15, -0.1) is 11.8 Å². The number of para-hydroxylation sites is 2. The van der Waals surface area contributed by atoms with Gasteiger partial charge in [0.2, 0.25) is 0 Å². The SMILES string of the molecule is COc1ccccc1N(C)C(=O)N1C(C)SCC1C(=O)O. The Balaban J connectivity index is 2.28. The summed E-state index contributed by atoms with van der Waals surface area (Å²) >= 11 is 1.46. The van der Waals surface area contributed by atoms with E-state index in [0.717, 1.165) is 0 Å². The number of carbonyl (C=O) groups excluding carboxylic acids is 1. The molecular formula is C14H18N2O4S. The predicted molar refractivity (Wildman–Crippen MR) is 82.0 cm³/mol. The lowest BCUT2D eigenvalue weighted by molar-refractivity contribution is -0.141. The number of carbonyl (C=O) groups is 2. The van der Waals surface area contributed by atoms with Crippen molar-refractivity contribution in [3.05, 3.63) is 24.3 Å². The molecule has 1 aromatic rings. The highest BCUT2D eigenvalue weighted by Gasteiger charge is 2.41. The van der Waals surface area contributed by atoms with Crippen LogP contribution < -0.4 is 9.64 Å². The third kappa shape index (κ3) is 2.92. The number of aliphatic carboxylic acids is 1. The van der Waals surface area contributed by atoms with Crippen LogP contribution in [0, 0.1) is 0 Å². The Morgan fingerprint density at radius 2 is 2.10 bits per heavy atom. The largest absolute Gasteiger partial charge is 0.495 e. The summed E-state index contributed by atoms with van der Waals surface area (Å²) in [6.07, 6.45) is 0. The standard InChI is InChI=1S/C14H18N2O4S/c1-9-16(11(8-21-9)13(17)18)14(19)15(2)10-6-4-5-7-12(10)20-3/h4-7,9,11H,8H2,1-3H3,(H,17,18). The zero-order valence-electron chi connectivity index (χ0n) is 12.1. The Hall–Kier alpha value is -1.89. The molecule has 1 aliphatic rings. The van der Waals surface area contributed by atoms with Crippen molar-refractivity contribution < 1.29 is 19.4 Å². The van der Waals surface area contributed by atoms with E-state index in [1.165, 1.54) is 28.7 Å². The predicted octanol–water partition coefficient (Wildman–Crippen LogP) is 2.10. The smallest absolute Gasteiger partial charge is 0.327 e. The van der Waals surface area contributed by atoms with Gasteiger partial charge >= 0.3 is 12.0 Å². The summed E-state index contributed by atoms with van der Waals surface area (Å²) in [6, 6.07) is 6.00. The first kappa shape index (κ1) is 15.5. The lowest BCUT2D eigenvalue weighted by atomic mass is 10.2. The lowest BCUT2D eigenvalue weighted by Gasteiger charge is -2.30. The van der Waals surface area contributed by atoms with Crippen molar-refractivity contribution in [2.75, 3.05) is 24.8 Å². The molecule has 21 heavy (non-hydrogen) atoms. The van der Waals surface area contributed by atoms with Crippen molar-refractivity contribution in [1.82, 2.24) is 4.90 Å². The van der Waals surface area contributed by atoms with Crippen molar-refractivity contribution in [2.45, 2.75) is 18.3 Å². The van der Waals surface area contributed by atoms with Crippen molar-refractivity contribution >= 4 is 29.4 Å². The highest BCUT2D eigenvalue weighted by molar-refractivity contribution is 8.00. The lowest BCUT2D eigenvalue weighted by Crippen LogP contribution is -2.50. The van der Waals surface area contributed by atoms with Crippen molar-refractivity contribution in [3.63, 3.8) is 0 Å². The van der Waals surface area contributed by atoms with E-state index in [9.17, 15) is 14.7 Å². The number of anilines is 1. The van der Waals surface area contributed by atoms with E-state index >= 15 is 0 Å². The maximum Gasteiger partial charge on any atom is 0.327 e.